The molecule has 1 aromatic heterocycles. The molecular formula is C19H21N3O3. The molecule has 0 atom stereocenters. The second kappa shape index (κ2) is 7.79. The van der Waals surface area contributed by atoms with Gasteiger partial charge >= 0.3 is 5.97 Å². The molecule has 3 rings (SSSR count). The summed E-state index contributed by atoms with van der Waals surface area (Å²) < 4.78 is 4.97. The van der Waals surface area contributed by atoms with E-state index in [1.807, 2.05) is 4.90 Å². The lowest BCUT2D eigenvalue weighted by Gasteiger charge is -2.15. The van der Waals surface area contributed by atoms with Crippen LogP contribution in [0.25, 0.3) is 0 Å². The number of amides is 1. The minimum atomic E-state index is -0.339. The minimum Gasteiger partial charge on any atom is -0.462 e. The Hall–Kier alpha value is -2.89. The molecule has 130 valence electrons. The van der Waals surface area contributed by atoms with Gasteiger partial charge in [0.1, 0.15) is 0 Å². The molecule has 0 saturated carbocycles. The summed E-state index contributed by atoms with van der Waals surface area (Å²) in [5.74, 6) is -0.319. The largest absolute Gasteiger partial charge is 0.462 e. The molecule has 1 fully saturated rings. The number of benzene rings is 1. The van der Waals surface area contributed by atoms with E-state index in [0.717, 1.165) is 37.3 Å². The standard InChI is InChI=1S/C19H21N3O3/c1-2-25-19(24)14-5-7-16(8-6-14)21-17-11-15(12-20-13-17)18(23)22-9-3-4-10-22/h5-8,11-13,21H,2-4,9-10H2,1H3. The summed E-state index contributed by atoms with van der Waals surface area (Å²) in [5.41, 5.74) is 2.62. The molecule has 1 aliphatic heterocycles. The SMILES string of the molecule is CCOC(=O)c1ccc(Nc2cncc(C(=O)N3CCCC3)c2)cc1. The lowest BCUT2D eigenvalue weighted by molar-refractivity contribution is 0.0526. The third-order valence-electron chi connectivity index (χ3n) is 4.06. The number of hydrogen-bond donors (Lipinski definition) is 1. The first-order chi connectivity index (χ1) is 12.2. The number of hydrogen-bond acceptors (Lipinski definition) is 5. The maximum Gasteiger partial charge on any atom is 0.338 e. The highest BCUT2D eigenvalue weighted by Crippen LogP contribution is 2.19. The summed E-state index contributed by atoms with van der Waals surface area (Å²) >= 11 is 0. The van der Waals surface area contributed by atoms with Crippen molar-refractivity contribution >= 4 is 23.3 Å². The van der Waals surface area contributed by atoms with Crippen LogP contribution in [0.15, 0.2) is 42.7 Å². The van der Waals surface area contributed by atoms with Gasteiger partial charge in [-0.1, -0.05) is 0 Å². The van der Waals surface area contributed by atoms with E-state index in [-0.39, 0.29) is 11.9 Å². The third-order valence-corrected chi connectivity index (χ3v) is 4.06. The lowest BCUT2D eigenvalue weighted by Crippen LogP contribution is -2.27. The average molecular weight is 339 g/mol. The Labute approximate surface area is 146 Å². The molecule has 1 saturated heterocycles. The molecule has 1 aliphatic rings. The predicted molar refractivity (Wildman–Crippen MR) is 95.1 cm³/mol. The van der Waals surface area contributed by atoms with Gasteiger partial charge in [-0.25, -0.2) is 4.79 Å². The number of nitrogens with zero attached hydrogens (tertiary/aromatic N) is 2. The van der Waals surface area contributed by atoms with E-state index in [0.29, 0.717) is 17.7 Å². The predicted octanol–water partition coefficient (Wildman–Crippen LogP) is 3.24. The molecule has 1 N–H and O–H groups in total. The van der Waals surface area contributed by atoms with Crippen molar-refractivity contribution in [1.82, 2.24) is 9.88 Å². The second-order valence-electron chi connectivity index (χ2n) is 5.88. The number of nitrogens with one attached hydrogen (secondary N) is 1. The van der Waals surface area contributed by atoms with Gasteiger partial charge in [0.05, 0.1) is 29.6 Å². The van der Waals surface area contributed by atoms with Crippen LogP contribution < -0.4 is 5.32 Å². The van der Waals surface area contributed by atoms with Gasteiger partial charge in [0.2, 0.25) is 0 Å². The molecule has 6 nitrogen and oxygen atoms in total. The van der Waals surface area contributed by atoms with E-state index in [1.165, 1.54) is 0 Å². The highest BCUT2D eigenvalue weighted by Gasteiger charge is 2.19. The van der Waals surface area contributed by atoms with Crippen molar-refractivity contribution in [3.8, 4) is 0 Å². The highest BCUT2D eigenvalue weighted by molar-refractivity contribution is 5.95. The maximum absolute atomic E-state index is 12.4. The molecule has 2 heterocycles. The third kappa shape index (κ3) is 4.15. The Morgan fingerprint density at radius 1 is 1.08 bits per heavy atom. The fraction of sp³-hybridized carbons (Fsp3) is 0.316. The van der Waals surface area contributed by atoms with Crippen LogP contribution >= 0.6 is 0 Å². The molecule has 1 amide bonds. The van der Waals surface area contributed by atoms with Crippen LogP contribution in [-0.4, -0.2) is 41.5 Å². The fourth-order valence-electron chi connectivity index (χ4n) is 2.80. The summed E-state index contributed by atoms with van der Waals surface area (Å²) in [6, 6.07) is 8.79. The average Bonchev–Trinajstić information content (AvgIpc) is 3.17. The van der Waals surface area contributed by atoms with Crippen LogP contribution in [-0.2, 0) is 4.74 Å². The number of anilines is 2. The van der Waals surface area contributed by atoms with E-state index < -0.39 is 0 Å². The summed E-state index contributed by atoms with van der Waals surface area (Å²) in [6.45, 7) is 3.75. The van der Waals surface area contributed by atoms with Gasteiger partial charge in [-0.3, -0.25) is 9.78 Å². The van der Waals surface area contributed by atoms with Gasteiger partial charge in [-0.05, 0) is 50.1 Å². The van der Waals surface area contributed by atoms with Crippen molar-refractivity contribution in [2.45, 2.75) is 19.8 Å². The van der Waals surface area contributed by atoms with Gasteiger partial charge in [0.25, 0.3) is 5.91 Å². The highest BCUT2D eigenvalue weighted by atomic mass is 16.5. The Bertz CT molecular complexity index is 753. The second-order valence-corrected chi connectivity index (χ2v) is 5.88. The van der Waals surface area contributed by atoms with Gasteiger partial charge < -0.3 is 15.0 Å². The fourth-order valence-corrected chi connectivity index (χ4v) is 2.80. The normalized spacial score (nSPS) is 13.6. The number of likely N-dealkylation sites (tertiary alicyclic amines) is 1. The Morgan fingerprint density at radius 2 is 1.80 bits per heavy atom. The number of carbonyl (C=O) groups excluding carboxylic acids is 2. The molecule has 1 aromatic carbocycles. The van der Waals surface area contributed by atoms with Gasteiger partial charge in [0.15, 0.2) is 0 Å². The zero-order chi connectivity index (χ0) is 17.6. The van der Waals surface area contributed by atoms with Crippen LogP contribution in [0.1, 0.15) is 40.5 Å². The number of carbonyl (C=O) groups is 2. The molecule has 2 aromatic rings. The molecule has 6 heteroatoms. The topological polar surface area (TPSA) is 71.5 Å². The molecule has 0 radical (unpaired) electrons. The Kier molecular flexibility index (Phi) is 5.28. The van der Waals surface area contributed by atoms with Crippen molar-refractivity contribution < 1.29 is 14.3 Å². The zero-order valence-corrected chi connectivity index (χ0v) is 14.2. The van der Waals surface area contributed by atoms with Crippen molar-refractivity contribution in [2.75, 3.05) is 25.0 Å². The van der Waals surface area contributed by atoms with Crippen molar-refractivity contribution in [3.05, 3.63) is 53.9 Å². The number of rotatable bonds is 5. The van der Waals surface area contributed by atoms with Gasteiger partial charge in [-0.2, -0.15) is 0 Å². The molecule has 0 bridgehead atoms. The number of pyridine rings is 1. The molecule has 0 spiro atoms. The quantitative estimate of drug-likeness (QED) is 0.847. The summed E-state index contributed by atoms with van der Waals surface area (Å²) in [4.78, 5) is 30.1. The molecule has 25 heavy (non-hydrogen) atoms. The van der Waals surface area contributed by atoms with Gasteiger partial charge in [0, 0.05) is 25.0 Å². The number of ether oxygens (including phenoxy) is 1. The minimum absolute atomic E-state index is 0.0197. The van der Waals surface area contributed by atoms with Crippen molar-refractivity contribution in [1.29, 1.82) is 0 Å². The summed E-state index contributed by atoms with van der Waals surface area (Å²) in [6.07, 6.45) is 5.38. The van der Waals surface area contributed by atoms with Crippen LogP contribution in [0.5, 0.6) is 0 Å². The Balaban J connectivity index is 1.69. The monoisotopic (exact) mass is 339 g/mol. The molecular weight excluding hydrogens is 318 g/mol. The Morgan fingerprint density at radius 3 is 2.48 bits per heavy atom. The molecule has 0 unspecified atom stereocenters. The first-order valence-corrected chi connectivity index (χ1v) is 8.46. The van der Waals surface area contributed by atoms with E-state index in [9.17, 15) is 9.59 Å². The zero-order valence-electron chi connectivity index (χ0n) is 14.2. The van der Waals surface area contributed by atoms with Gasteiger partial charge in [-0.15, -0.1) is 0 Å². The maximum atomic E-state index is 12.4. The van der Waals surface area contributed by atoms with Crippen LogP contribution in [0, 0.1) is 0 Å². The summed E-state index contributed by atoms with van der Waals surface area (Å²) in [5, 5.41) is 3.20. The number of aromatic nitrogens is 1. The van der Waals surface area contributed by atoms with E-state index in [4.69, 9.17) is 4.74 Å². The summed E-state index contributed by atoms with van der Waals surface area (Å²) in [7, 11) is 0. The van der Waals surface area contributed by atoms with Crippen LogP contribution in [0.3, 0.4) is 0 Å². The van der Waals surface area contributed by atoms with Crippen molar-refractivity contribution in [3.63, 3.8) is 0 Å². The van der Waals surface area contributed by atoms with Crippen LogP contribution in [0.4, 0.5) is 11.4 Å². The van der Waals surface area contributed by atoms with Crippen molar-refractivity contribution in [2.24, 2.45) is 0 Å². The smallest absolute Gasteiger partial charge is 0.338 e. The van der Waals surface area contributed by atoms with E-state index >= 15 is 0 Å². The van der Waals surface area contributed by atoms with Crippen LogP contribution in [0.2, 0.25) is 0 Å². The van der Waals surface area contributed by atoms with E-state index in [1.54, 1.807) is 49.6 Å². The number of esters is 1. The first-order valence-electron chi connectivity index (χ1n) is 8.46. The lowest BCUT2D eigenvalue weighted by atomic mass is 10.2. The van der Waals surface area contributed by atoms with E-state index in [2.05, 4.69) is 10.3 Å². The molecule has 0 aliphatic carbocycles. The first kappa shape index (κ1) is 17.0.